The van der Waals surface area contributed by atoms with E-state index in [1.165, 1.54) is 17.4 Å². The molecular formula is C21H17N3O3S. The molecule has 0 radical (unpaired) electrons. The Labute approximate surface area is 164 Å². The van der Waals surface area contributed by atoms with E-state index in [1.54, 1.807) is 25.1 Å². The molecule has 4 rings (SSSR count). The summed E-state index contributed by atoms with van der Waals surface area (Å²) in [6, 6.07) is 16.0. The van der Waals surface area contributed by atoms with E-state index in [1.807, 2.05) is 30.3 Å². The summed E-state index contributed by atoms with van der Waals surface area (Å²) in [5.74, 6) is -0.109. The lowest BCUT2D eigenvalue weighted by Crippen LogP contribution is -2.22. The van der Waals surface area contributed by atoms with E-state index in [4.69, 9.17) is 0 Å². The molecule has 4 aromatic rings. The van der Waals surface area contributed by atoms with Crippen LogP contribution < -0.4 is 10.9 Å². The minimum Gasteiger partial charge on any atom is -0.508 e. The third kappa shape index (κ3) is 3.52. The van der Waals surface area contributed by atoms with Crippen molar-refractivity contribution in [2.24, 2.45) is 0 Å². The van der Waals surface area contributed by atoms with Crippen LogP contribution in [-0.4, -0.2) is 21.0 Å². The number of aromatic nitrogens is 2. The summed E-state index contributed by atoms with van der Waals surface area (Å²) >= 11 is 1.18. The van der Waals surface area contributed by atoms with Gasteiger partial charge in [-0.25, -0.2) is 4.98 Å². The minimum atomic E-state index is -0.289. The molecule has 0 fully saturated rings. The van der Waals surface area contributed by atoms with Gasteiger partial charge in [0.25, 0.3) is 11.5 Å². The summed E-state index contributed by atoms with van der Waals surface area (Å²) in [5.41, 5.74) is 2.28. The van der Waals surface area contributed by atoms with Crippen molar-refractivity contribution in [1.82, 2.24) is 15.3 Å². The predicted molar refractivity (Wildman–Crippen MR) is 110 cm³/mol. The van der Waals surface area contributed by atoms with E-state index in [2.05, 4.69) is 15.3 Å². The van der Waals surface area contributed by atoms with Crippen molar-refractivity contribution in [1.29, 1.82) is 0 Å². The second-order valence-electron chi connectivity index (χ2n) is 6.39. The number of fused-ring (bicyclic) bond motifs is 1. The second-order valence-corrected chi connectivity index (χ2v) is 7.38. The number of phenols is 1. The highest BCUT2D eigenvalue weighted by Crippen LogP contribution is 2.28. The lowest BCUT2D eigenvalue weighted by molar-refractivity contribution is 0.0954. The maximum absolute atomic E-state index is 12.6. The molecule has 0 aliphatic rings. The van der Waals surface area contributed by atoms with Gasteiger partial charge in [0.1, 0.15) is 15.6 Å². The summed E-state index contributed by atoms with van der Waals surface area (Å²) in [6.07, 6.45) is 0. The van der Waals surface area contributed by atoms with Gasteiger partial charge in [0.2, 0.25) is 0 Å². The molecule has 0 spiro atoms. The number of phenolic OH excluding ortho intramolecular Hbond substituents is 1. The molecule has 0 bridgehead atoms. The second kappa shape index (κ2) is 7.28. The van der Waals surface area contributed by atoms with Crippen LogP contribution in [0.2, 0.25) is 0 Å². The van der Waals surface area contributed by atoms with E-state index in [0.717, 1.165) is 5.56 Å². The van der Waals surface area contributed by atoms with Crippen molar-refractivity contribution < 1.29 is 9.90 Å². The van der Waals surface area contributed by atoms with Gasteiger partial charge in [-0.15, -0.1) is 11.3 Å². The number of carbonyl (C=O) groups is 1. The molecule has 1 amide bonds. The first-order valence-electron chi connectivity index (χ1n) is 8.67. The van der Waals surface area contributed by atoms with E-state index >= 15 is 0 Å². The van der Waals surface area contributed by atoms with Crippen LogP contribution in [0.1, 0.15) is 20.9 Å². The van der Waals surface area contributed by atoms with Crippen molar-refractivity contribution in [3.63, 3.8) is 0 Å². The average Bonchev–Trinajstić information content (AvgIpc) is 3.08. The predicted octanol–water partition coefficient (Wildman–Crippen LogP) is 3.60. The number of carbonyl (C=O) groups excluding carboxylic acids is 1. The molecule has 2 aromatic heterocycles. The Morgan fingerprint density at radius 3 is 2.75 bits per heavy atom. The molecule has 6 nitrogen and oxygen atoms in total. The van der Waals surface area contributed by atoms with Crippen molar-refractivity contribution in [2.45, 2.75) is 13.5 Å². The molecule has 2 aromatic carbocycles. The largest absolute Gasteiger partial charge is 0.508 e. The summed E-state index contributed by atoms with van der Waals surface area (Å²) < 4.78 is 0. The molecular weight excluding hydrogens is 374 g/mol. The molecule has 0 atom stereocenters. The average molecular weight is 391 g/mol. The van der Waals surface area contributed by atoms with Gasteiger partial charge in [-0.05, 0) is 36.8 Å². The Hall–Kier alpha value is -3.45. The van der Waals surface area contributed by atoms with Crippen LogP contribution in [0.25, 0.3) is 21.5 Å². The summed E-state index contributed by atoms with van der Waals surface area (Å²) in [6.45, 7) is 2.17. The fraction of sp³-hybridized carbons (Fsp3) is 0.0952. The van der Waals surface area contributed by atoms with Crippen LogP contribution in [-0.2, 0) is 6.54 Å². The van der Waals surface area contributed by atoms with Crippen molar-refractivity contribution in [3.05, 3.63) is 81.1 Å². The van der Waals surface area contributed by atoms with Gasteiger partial charge in [-0.1, -0.05) is 30.3 Å². The number of amides is 1. The number of nitrogens with one attached hydrogen (secondary N) is 2. The lowest BCUT2D eigenvalue weighted by atomic mass is 10.1. The Morgan fingerprint density at radius 2 is 1.96 bits per heavy atom. The summed E-state index contributed by atoms with van der Waals surface area (Å²) in [7, 11) is 0. The van der Waals surface area contributed by atoms with Crippen LogP contribution >= 0.6 is 11.3 Å². The number of H-pyrrole nitrogens is 1. The van der Waals surface area contributed by atoms with E-state index in [0.29, 0.717) is 38.6 Å². The van der Waals surface area contributed by atoms with Crippen LogP contribution in [0, 0.1) is 6.92 Å². The number of benzene rings is 2. The van der Waals surface area contributed by atoms with Crippen molar-refractivity contribution in [3.8, 4) is 16.3 Å². The van der Waals surface area contributed by atoms with Crippen molar-refractivity contribution >= 4 is 28.1 Å². The first-order valence-corrected chi connectivity index (χ1v) is 9.49. The molecule has 2 heterocycles. The standard InChI is InChI=1S/C21H17N3O3S/c1-12-18(20(27)22-11-13-5-3-2-4-6-13)28-21(23-12)16-10-14-9-15(25)7-8-17(14)24-19(16)26/h2-10,25H,11H2,1H3,(H,22,27)(H,24,26). The van der Waals surface area contributed by atoms with Crippen molar-refractivity contribution in [2.75, 3.05) is 0 Å². The maximum atomic E-state index is 12.6. The zero-order chi connectivity index (χ0) is 19.7. The van der Waals surface area contributed by atoms with Gasteiger partial charge in [-0.3, -0.25) is 9.59 Å². The van der Waals surface area contributed by atoms with Crippen LogP contribution in [0.5, 0.6) is 5.75 Å². The zero-order valence-electron chi connectivity index (χ0n) is 15.0. The Morgan fingerprint density at radius 1 is 1.18 bits per heavy atom. The molecule has 0 saturated heterocycles. The smallest absolute Gasteiger partial charge is 0.263 e. The lowest BCUT2D eigenvalue weighted by Gasteiger charge is -2.04. The normalized spacial score (nSPS) is 10.9. The topological polar surface area (TPSA) is 95.1 Å². The summed E-state index contributed by atoms with van der Waals surface area (Å²) in [5, 5.41) is 13.7. The third-order valence-electron chi connectivity index (χ3n) is 4.36. The zero-order valence-corrected chi connectivity index (χ0v) is 15.8. The van der Waals surface area contributed by atoms with Gasteiger partial charge in [0.05, 0.1) is 11.3 Å². The number of thiazole rings is 1. The first kappa shape index (κ1) is 17.9. The van der Waals surface area contributed by atoms with Gasteiger partial charge >= 0.3 is 0 Å². The Balaban J connectivity index is 1.64. The van der Waals surface area contributed by atoms with E-state index < -0.39 is 0 Å². The molecule has 0 unspecified atom stereocenters. The maximum Gasteiger partial charge on any atom is 0.263 e. The van der Waals surface area contributed by atoms with Crippen LogP contribution in [0.15, 0.2) is 59.4 Å². The van der Waals surface area contributed by atoms with Crippen LogP contribution in [0.3, 0.4) is 0 Å². The number of nitrogens with zero attached hydrogens (tertiary/aromatic N) is 1. The molecule has 0 aliphatic heterocycles. The highest BCUT2D eigenvalue weighted by Gasteiger charge is 2.18. The van der Waals surface area contributed by atoms with Gasteiger partial charge in [0, 0.05) is 17.4 Å². The number of hydrogen-bond acceptors (Lipinski definition) is 5. The van der Waals surface area contributed by atoms with Gasteiger partial charge < -0.3 is 15.4 Å². The number of hydrogen-bond donors (Lipinski definition) is 3. The Bertz CT molecular complexity index is 1230. The van der Waals surface area contributed by atoms with Crippen LogP contribution in [0.4, 0.5) is 0 Å². The molecule has 7 heteroatoms. The fourth-order valence-electron chi connectivity index (χ4n) is 2.93. The molecule has 3 N–H and O–H groups in total. The molecule has 28 heavy (non-hydrogen) atoms. The number of pyridine rings is 1. The number of aromatic hydroxyl groups is 1. The third-order valence-corrected chi connectivity index (χ3v) is 5.55. The number of aryl methyl sites for hydroxylation is 1. The molecule has 0 aliphatic carbocycles. The fourth-order valence-corrected chi connectivity index (χ4v) is 3.93. The van der Waals surface area contributed by atoms with Gasteiger partial charge in [0.15, 0.2) is 0 Å². The highest BCUT2D eigenvalue weighted by molar-refractivity contribution is 7.17. The monoisotopic (exact) mass is 391 g/mol. The van der Waals surface area contributed by atoms with E-state index in [9.17, 15) is 14.7 Å². The highest BCUT2D eigenvalue weighted by atomic mass is 32.1. The molecule has 140 valence electrons. The minimum absolute atomic E-state index is 0.113. The van der Waals surface area contributed by atoms with Gasteiger partial charge in [-0.2, -0.15) is 0 Å². The number of aromatic amines is 1. The molecule has 0 saturated carbocycles. The number of rotatable bonds is 4. The summed E-state index contributed by atoms with van der Waals surface area (Å²) in [4.78, 5) is 32.7. The Kier molecular flexibility index (Phi) is 4.67. The SMILES string of the molecule is Cc1nc(-c2cc3cc(O)ccc3[nH]c2=O)sc1C(=O)NCc1ccccc1. The quantitative estimate of drug-likeness (QED) is 0.495. The first-order chi connectivity index (χ1) is 13.5. The van der Waals surface area contributed by atoms with E-state index in [-0.39, 0.29) is 17.2 Å².